The molecule has 0 saturated heterocycles. The van der Waals surface area contributed by atoms with E-state index in [9.17, 15) is 4.39 Å². The van der Waals surface area contributed by atoms with Gasteiger partial charge in [0.1, 0.15) is 11.6 Å². The van der Waals surface area contributed by atoms with Crippen LogP contribution in [0.3, 0.4) is 0 Å². The zero-order chi connectivity index (χ0) is 12.8. The summed E-state index contributed by atoms with van der Waals surface area (Å²) in [6, 6.07) is 9.93. The number of anilines is 1. The van der Waals surface area contributed by atoms with Crippen molar-refractivity contribution in [3.63, 3.8) is 0 Å². The van der Waals surface area contributed by atoms with Gasteiger partial charge in [-0.25, -0.2) is 4.39 Å². The molecule has 94 valence electrons. The normalized spacial score (nSPS) is 10.3. The summed E-state index contributed by atoms with van der Waals surface area (Å²) >= 11 is 0. The molecule has 5 heteroatoms. The Morgan fingerprint density at radius 3 is 2.72 bits per heavy atom. The fourth-order valence-electron chi connectivity index (χ4n) is 1.55. The largest absolute Gasteiger partial charge is 0.369 e. The second kappa shape index (κ2) is 6.07. The van der Waals surface area contributed by atoms with Crippen molar-refractivity contribution in [2.75, 3.05) is 18.4 Å². The molecule has 0 aliphatic carbocycles. The van der Waals surface area contributed by atoms with Gasteiger partial charge < -0.3 is 11.1 Å². The van der Waals surface area contributed by atoms with Crippen LogP contribution in [0.5, 0.6) is 0 Å². The van der Waals surface area contributed by atoms with Crippen molar-refractivity contribution < 1.29 is 4.39 Å². The van der Waals surface area contributed by atoms with E-state index in [2.05, 4.69) is 15.5 Å². The highest BCUT2D eigenvalue weighted by atomic mass is 19.1. The third kappa shape index (κ3) is 3.24. The van der Waals surface area contributed by atoms with E-state index in [0.717, 1.165) is 18.5 Å². The summed E-state index contributed by atoms with van der Waals surface area (Å²) in [5, 5.41) is 11.2. The number of nitrogens with zero attached hydrogens (tertiary/aromatic N) is 2. The van der Waals surface area contributed by atoms with E-state index in [1.165, 1.54) is 12.1 Å². The van der Waals surface area contributed by atoms with Gasteiger partial charge in [0, 0.05) is 12.1 Å². The summed E-state index contributed by atoms with van der Waals surface area (Å²) in [6.45, 7) is 1.41. The lowest BCUT2D eigenvalue weighted by atomic mass is 10.1. The van der Waals surface area contributed by atoms with Crippen LogP contribution in [-0.2, 0) is 0 Å². The Morgan fingerprint density at radius 1 is 1.17 bits per heavy atom. The molecule has 2 rings (SSSR count). The number of hydrogen-bond acceptors (Lipinski definition) is 4. The van der Waals surface area contributed by atoms with Gasteiger partial charge in [-0.3, -0.25) is 0 Å². The molecule has 18 heavy (non-hydrogen) atoms. The Morgan fingerprint density at radius 2 is 2.06 bits per heavy atom. The minimum absolute atomic E-state index is 0.278. The number of hydrogen-bond donors (Lipinski definition) is 2. The first-order chi connectivity index (χ1) is 8.79. The van der Waals surface area contributed by atoms with Crippen molar-refractivity contribution in [2.45, 2.75) is 6.42 Å². The van der Waals surface area contributed by atoms with Crippen molar-refractivity contribution in [3.8, 4) is 11.3 Å². The van der Waals surface area contributed by atoms with Crippen LogP contribution >= 0.6 is 0 Å². The number of nitrogens with two attached hydrogens (primary N) is 1. The Balaban J connectivity index is 2.07. The highest BCUT2D eigenvalue weighted by molar-refractivity contribution is 5.59. The monoisotopic (exact) mass is 246 g/mol. The predicted octanol–water partition coefficient (Wildman–Crippen LogP) is 2.04. The summed E-state index contributed by atoms with van der Waals surface area (Å²) in [6.07, 6.45) is 0.882. The Labute approximate surface area is 105 Å². The van der Waals surface area contributed by atoms with Gasteiger partial charge in [0.25, 0.3) is 0 Å². The van der Waals surface area contributed by atoms with Crippen LogP contribution in [0.25, 0.3) is 11.3 Å². The summed E-state index contributed by atoms with van der Waals surface area (Å²) in [5.41, 5.74) is 6.77. The van der Waals surface area contributed by atoms with E-state index in [-0.39, 0.29) is 5.82 Å². The smallest absolute Gasteiger partial charge is 0.148 e. The van der Waals surface area contributed by atoms with Gasteiger partial charge in [-0.05, 0) is 37.2 Å². The molecule has 0 saturated carbocycles. The maximum Gasteiger partial charge on any atom is 0.148 e. The summed E-state index contributed by atoms with van der Waals surface area (Å²) in [7, 11) is 0. The molecule has 3 N–H and O–H groups in total. The lowest BCUT2D eigenvalue weighted by Crippen LogP contribution is -2.09. The molecule has 1 aromatic carbocycles. The van der Waals surface area contributed by atoms with Gasteiger partial charge in [0.2, 0.25) is 0 Å². The van der Waals surface area contributed by atoms with Gasteiger partial charge in [0.15, 0.2) is 0 Å². The number of rotatable bonds is 5. The van der Waals surface area contributed by atoms with Gasteiger partial charge in [-0.15, -0.1) is 10.2 Å². The lowest BCUT2D eigenvalue weighted by molar-refractivity contribution is 0.628. The average molecular weight is 246 g/mol. The van der Waals surface area contributed by atoms with Crippen LogP contribution in [-0.4, -0.2) is 23.3 Å². The quantitative estimate of drug-likeness (QED) is 0.792. The predicted molar refractivity (Wildman–Crippen MR) is 69.6 cm³/mol. The van der Waals surface area contributed by atoms with Crippen molar-refractivity contribution in [1.82, 2.24) is 10.2 Å². The minimum Gasteiger partial charge on any atom is -0.369 e. The van der Waals surface area contributed by atoms with E-state index < -0.39 is 0 Å². The topological polar surface area (TPSA) is 63.8 Å². The van der Waals surface area contributed by atoms with E-state index >= 15 is 0 Å². The fraction of sp³-hybridized carbons (Fsp3) is 0.231. The third-order valence-electron chi connectivity index (χ3n) is 2.47. The molecule has 0 radical (unpaired) electrons. The average Bonchev–Trinajstić information content (AvgIpc) is 2.40. The summed E-state index contributed by atoms with van der Waals surface area (Å²) < 4.78 is 13.1. The van der Waals surface area contributed by atoms with E-state index in [1.807, 2.05) is 12.1 Å². The Hall–Kier alpha value is -2.01. The third-order valence-corrected chi connectivity index (χ3v) is 2.47. The van der Waals surface area contributed by atoms with Crippen LogP contribution in [0.15, 0.2) is 36.4 Å². The first-order valence-electron chi connectivity index (χ1n) is 5.83. The molecule has 0 unspecified atom stereocenters. The molecular weight excluding hydrogens is 231 g/mol. The van der Waals surface area contributed by atoms with Crippen molar-refractivity contribution >= 4 is 5.82 Å². The summed E-state index contributed by atoms with van der Waals surface area (Å²) in [4.78, 5) is 0. The SMILES string of the molecule is NCCCNc1ccc(-c2cccc(F)c2)nn1. The molecule has 0 spiro atoms. The number of benzene rings is 1. The Bertz CT molecular complexity index is 499. The molecule has 4 nitrogen and oxygen atoms in total. The highest BCUT2D eigenvalue weighted by Crippen LogP contribution is 2.17. The molecule has 1 heterocycles. The summed E-state index contributed by atoms with van der Waals surface area (Å²) in [5.74, 6) is 0.419. The maximum atomic E-state index is 13.1. The molecule has 0 aliphatic heterocycles. The molecule has 0 aliphatic rings. The Kier molecular flexibility index (Phi) is 4.20. The van der Waals surface area contributed by atoms with Crippen LogP contribution in [0.1, 0.15) is 6.42 Å². The van der Waals surface area contributed by atoms with Crippen LogP contribution in [0.4, 0.5) is 10.2 Å². The molecule has 2 aromatic rings. The van der Waals surface area contributed by atoms with Gasteiger partial charge in [-0.2, -0.15) is 0 Å². The fourth-order valence-corrected chi connectivity index (χ4v) is 1.55. The number of nitrogens with one attached hydrogen (secondary N) is 1. The maximum absolute atomic E-state index is 13.1. The van der Waals surface area contributed by atoms with Crippen LogP contribution in [0.2, 0.25) is 0 Å². The van der Waals surface area contributed by atoms with Crippen molar-refractivity contribution in [3.05, 3.63) is 42.2 Å². The first-order valence-corrected chi connectivity index (χ1v) is 5.83. The zero-order valence-corrected chi connectivity index (χ0v) is 9.94. The van der Waals surface area contributed by atoms with Crippen molar-refractivity contribution in [2.24, 2.45) is 5.73 Å². The molecule has 1 aromatic heterocycles. The number of halogens is 1. The molecule has 0 fully saturated rings. The second-order valence-corrected chi connectivity index (χ2v) is 3.88. The van der Waals surface area contributed by atoms with E-state index in [4.69, 9.17) is 5.73 Å². The highest BCUT2D eigenvalue weighted by Gasteiger charge is 2.01. The second-order valence-electron chi connectivity index (χ2n) is 3.88. The van der Waals surface area contributed by atoms with Crippen LogP contribution in [0, 0.1) is 5.82 Å². The number of aromatic nitrogens is 2. The minimum atomic E-state index is -0.278. The van der Waals surface area contributed by atoms with Crippen LogP contribution < -0.4 is 11.1 Å². The molecule has 0 amide bonds. The zero-order valence-electron chi connectivity index (χ0n) is 9.94. The standard InChI is InChI=1S/C13H15FN4/c14-11-4-1-3-10(9-11)12-5-6-13(18-17-12)16-8-2-7-15/h1,3-6,9H,2,7-8,15H2,(H,16,18). The molecule has 0 atom stereocenters. The van der Waals surface area contributed by atoms with Crippen molar-refractivity contribution in [1.29, 1.82) is 0 Å². The van der Waals surface area contributed by atoms with Gasteiger partial charge in [0.05, 0.1) is 5.69 Å². The van der Waals surface area contributed by atoms with E-state index in [1.54, 1.807) is 12.1 Å². The van der Waals surface area contributed by atoms with Gasteiger partial charge in [-0.1, -0.05) is 12.1 Å². The first kappa shape index (κ1) is 12.4. The van der Waals surface area contributed by atoms with E-state index in [0.29, 0.717) is 18.1 Å². The van der Waals surface area contributed by atoms with Gasteiger partial charge >= 0.3 is 0 Å². The molecular formula is C13H15FN4. The molecule has 0 bridgehead atoms. The lowest BCUT2D eigenvalue weighted by Gasteiger charge is -2.04.